The molecule has 2 aromatic carbocycles. The molecule has 1 aromatic heterocycles. The minimum absolute atomic E-state index is 0.219. The minimum atomic E-state index is -1.12. The van der Waals surface area contributed by atoms with E-state index in [4.69, 9.17) is 4.84 Å². The molecular weight excluding hydrogens is 372 g/mol. The maximum Gasteiger partial charge on any atom is 0.345 e. The average Bonchev–Trinajstić information content (AvgIpc) is 3.29. The van der Waals surface area contributed by atoms with Crippen molar-refractivity contribution in [1.29, 1.82) is 0 Å². The quantitative estimate of drug-likeness (QED) is 0.724. The zero-order chi connectivity index (χ0) is 20.0. The molecule has 0 spiro atoms. The molecule has 1 N–H and O–H groups in total. The predicted octanol–water partition coefficient (Wildman–Crippen LogP) is 2.92. The van der Waals surface area contributed by atoms with Crippen molar-refractivity contribution >= 4 is 12.0 Å². The third-order valence-corrected chi connectivity index (χ3v) is 5.30. The maximum absolute atomic E-state index is 13.0. The molecule has 8 nitrogen and oxygen atoms in total. The van der Waals surface area contributed by atoms with Crippen molar-refractivity contribution in [3.63, 3.8) is 0 Å². The van der Waals surface area contributed by atoms with Crippen LogP contribution < -0.4 is 0 Å². The summed E-state index contributed by atoms with van der Waals surface area (Å²) < 4.78 is 1.60. The molecule has 29 heavy (non-hydrogen) atoms. The van der Waals surface area contributed by atoms with Crippen molar-refractivity contribution in [2.75, 3.05) is 6.54 Å². The molecule has 0 aliphatic carbocycles. The van der Waals surface area contributed by atoms with Gasteiger partial charge in [0, 0.05) is 5.56 Å². The standard InChI is InChI=1S/C21H18N4O4/c26-20(27)19-18-16(11-22-24(18)15-9-5-2-6-10-15)17-12-23(19)21(28)25(17)29-13-14-7-3-1-4-8-14/h1-11,17,19H,12-13H2,(H,26,27)/t17-,19?/m1/s1. The van der Waals surface area contributed by atoms with E-state index in [0.29, 0.717) is 11.3 Å². The number of para-hydroxylation sites is 1. The van der Waals surface area contributed by atoms with Crippen LogP contribution in [0, 0.1) is 0 Å². The Bertz CT molecular complexity index is 1070. The average molecular weight is 390 g/mol. The molecule has 8 heteroatoms. The van der Waals surface area contributed by atoms with E-state index in [1.165, 1.54) is 9.96 Å². The van der Waals surface area contributed by atoms with Gasteiger partial charge in [-0.25, -0.2) is 14.3 Å². The van der Waals surface area contributed by atoms with Crippen LogP contribution in [0.25, 0.3) is 5.69 Å². The van der Waals surface area contributed by atoms with Crippen LogP contribution in [0.5, 0.6) is 0 Å². The first-order valence-corrected chi connectivity index (χ1v) is 9.28. The lowest BCUT2D eigenvalue weighted by molar-refractivity contribution is -0.143. The Kier molecular flexibility index (Phi) is 4.06. The van der Waals surface area contributed by atoms with E-state index in [0.717, 1.165) is 11.3 Å². The third kappa shape index (κ3) is 2.76. The second-order valence-corrected chi connectivity index (χ2v) is 7.01. The molecule has 2 bridgehead atoms. The number of aromatic nitrogens is 2. The number of carbonyl (C=O) groups excluding carboxylic acids is 1. The van der Waals surface area contributed by atoms with Gasteiger partial charge in [-0.15, -0.1) is 0 Å². The smallest absolute Gasteiger partial charge is 0.345 e. The van der Waals surface area contributed by atoms with E-state index in [2.05, 4.69) is 5.10 Å². The van der Waals surface area contributed by atoms with Gasteiger partial charge in [-0.05, 0) is 17.7 Å². The largest absolute Gasteiger partial charge is 0.479 e. The third-order valence-electron chi connectivity index (χ3n) is 5.30. The van der Waals surface area contributed by atoms with Crippen LogP contribution in [-0.2, 0) is 16.2 Å². The summed E-state index contributed by atoms with van der Waals surface area (Å²) in [6, 6.07) is 16.8. The van der Waals surface area contributed by atoms with Crippen molar-refractivity contribution in [3.8, 4) is 5.69 Å². The summed E-state index contributed by atoms with van der Waals surface area (Å²) in [5, 5.41) is 15.6. The number of aliphatic carboxylic acids is 1. The molecule has 0 radical (unpaired) electrons. The Morgan fingerprint density at radius 2 is 1.79 bits per heavy atom. The minimum Gasteiger partial charge on any atom is -0.479 e. The predicted molar refractivity (Wildman–Crippen MR) is 102 cm³/mol. The molecule has 146 valence electrons. The number of rotatable bonds is 5. The zero-order valence-corrected chi connectivity index (χ0v) is 15.4. The first kappa shape index (κ1) is 17.4. The molecule has 2 atom stereocenters. The summed E-state index contributed by atoms with van der Waals surface area (Å²) in [4.78, 5) is 32.3. The van der Waals surface area contributed by atoms with Gasteiger partial charge in [-0.3, -0.25) is 4.84 Å². The van der Waals surface area contributed by atoms with E-state index in [1.807, 2.05) is 60.7 Å². The van der Waals surface area contributed by atoms with Crippen molar-refractivity contribution in [2.45, 2.75) is 18.7 Å². The molecule has 2 aliphatic rings. The van der Waals surface area contributed by atoms with Crippen LogP contribution in [0.2, 0.25) is 0 Å². The fraction of sp³-hybridized carbons (Fsp3) is 0.190. The highest BCUT2D eigenvalue weighted by molar-refractivity contribution is 5.87. The number of carbonyl (C=O) groups is 2. The zero-order valence-electron chi connectivity index (χ0n) is 15.4. The number of hydroxylamine groups is 2. The topological polar surface area (TPSA) is 87.9 Å². The number of urea groups is 1. The van der Waals surface area contributed by atoms with E-state index < -0.39 is 24.1 Å². The summed E-state index contributed by atoms with van der Waals surface area (Å²) in [6.07, 6.45) is 1.64. The van der Waals surface area contributed by atoms with Gasteiger partial charge in [0.2, 0.25) is 0 Å². The first-order chi connectivity index (χ1) is 14.1. The molecule has 0 saturated carbocycles. The monoisotopic (exact) mass is 390 g/mol. The lowest BCUT2D eigenvalue weighted by Crippen LogP contribution is -2.39. The van der Waals surface area contributed by atoms with Gasteiger partial charge in [-0.2, -0.15) is 10.2 Å². The molecule has 1 unspecified atom stereocenters. The van der Waals surface area contributed by atoms with Gasteiger partial charge in [0.15, 0.2) is 6.04 Å². The van der Waals surface area contributed by atoms with Crippen molar-refractivity contribution in [2.24, 2.45) is 0 Å². The maximum atomic E-state index is 13.0. The summed E-state index contributed by atoms with van der Waals surface area (Å²) in [5.74, 6) is -1.10. The van der Waals surface area contributed by atoms with Gasteiger partial charge >= 0.3 is 12.0 Å². The fourth-order valence-electron chi connectivity index (χ4n) is 3.98. The van der Waals surface area contributed by atoms with Gasteiger partial charge in [0.1, 0.15) is 12.6 Å². The Morgan fingerprint density at radius 3 is 2.48 bits per heavy atom. The van der Waals surface area contributed by atoms with Gasteiger partial charge in [0.05, 0.1) is 24.1 Å². The van der Waals surface area contributed by atoms with Crippen LogP contribution in [0.1, 0.15) is 28.9 Å². The number of hydrogen-bond acceptors (Lipinski definition) is 4. The fourth-order valence-corrected chi connectivity index (χ4v) is 3.98. The lowest BCUT2D eigenvalue weighted by Gasteiger charge is -2.28. The summed E-state index contributed by atoms with van der Waals surface area (Å²) in [7, 11) is 0. The Labute approximate surface area is 166 Å². The summed E-state index contributed by atoms with van der Waals surface area (Å²) >= 11 is 0. The molecular formula is C21H18N4O4. The highest BCUT2D eigenvalue weighted by atomic mass is 16.7. The van der Waals surface area contributed by atoms with Crippen LogP contribution in [0.3, 0.4) is 0 Å². The summed E-state index contributed by atoms with van der Waals surface area (Å²) in [6.45, 7) is 0.467. The molecule has 2 amide bonds. The van der Waals surface area contributed by atoms with E-state index >= 15 is 0 Å². The number of carboxylic acid groups (broad SMARTS) is 1. The van der Waals surface area contributed by atoms with Crippen molar-refractivity contribution in [1.82, 2.24) is 19.7 Å². The highest BCUT2D eigenvalue weighted by Gasteiger charge is 2.53. The van der Waals surface area contributed by atoms with Gasteiger partial charge < -0.3 is 10.0 Å². The molecule has 3 heterocycles. The second kappa shape index (κ2) is 6.75. The Morgan fingerprint density at radius 1 is 1.10 bits per heavy atom. The number of amides is 2. The highest BCUT2D eigenvalue weighted by Crippen LogP contribution is 2.44. The number of benzene rings is 2. The van der Waals surface area contributed by atoms with Crippen LogP contribution in [-0.4, -0.2) is 43.4 Å². The summed E-state index contributed by atoms with van der Waals surface area (Å²) in [5.41, 5.74) is 2.84. The molecule has 1 saturated heterocycles. The van der Waals surface area contributed by atoms with Crippen molar-refractivity contribution in [3.05, 3.63) is 83.7 Å². The van der Waals surface area contributed by atoms with E-state index in [-0.39, 0.29) is 13.2 Å². The second-order valence-electron chi connectivity index (χ2n) is 7.01. The van der Waals surface area contributed by atoms with E-state index in [9.17, 15) is 14.7 Å². The van der Waals surface area contributed by atoms with Crippen LogP contribution >= 0.6 is 0 Å². The number of carboxylic acids is 1. The van der Waals surface area contributed by atoms with Crippen LogP contribution in [0.15, 0.2) is 66.9 Å². The molecule has 5 rings (SSSR count). The SMILES string of the molecule is O=C(O)C1c2c(cnn2-c2ccccc2)[C@H]2CN1C(=O)N2OCc1ccccc1. The Hall–Kier alpha value is -3.65. The molecule has 1 fully saturated rings. The van der Waals surface area contributed by atoms with Gasteiger partial charge in [0.25, 0.3) is 0 Å². The lowest BCUT2D eigenvalue weighted by atomic mass is 9.98. The van der Waals surface area contributed by atoms with Gasteiger partial charge in [-0.1, -0.05) is 48.5 Å². The Balaban J connectivity index is 1.53. The van der Waals surface area contributed by atoms with Crippen LogP contribution in [0.4, 0.5) is 4.79 Å². The molecule has 3 aromatic rings. The first-order valence-electron chi connectivity index (χ1n) is 9.28. The number of nitrogens with zero attached hydrogens (tertiary/aromatic N) is 4. The van der Waals surface area contributed by atoms with Crippen molar-refractivity contribution < 1.29 is 19.5 Å². The normalized spacial score (nSPS) is 20.1. The number of hydrogen-bond donors (Lipinski definition) is 1. The van der Waals surface area contributed by atoms with E-state index in [1.54, 1.807) is 10.9 Å². The molecule has 2 aliphatic heterocycles. The number of fused-ring (bicyclic) bond motifs is 4.